The van der Waals surface area contributed by atoms with E-state index >= 15 is 0 Å². The van der Waals surface area contributed by atoms with E-state index in [1.54, 1.807) is 0 Å². The third kappa shape index (κ3) is 3.63. The molecule has 7 rings (SSSR count). The van der Waals surface area contributed by atoms with E-state index in [2.05, 4.69) is 144 Å². The van der Waals surface area contributed by atoms with Gasteiger partial charge in [-0.1, -0.05) is 6.07 Å². The van der Waals surface area contributed by atoms with Crippen LogP contribution in [0, 0.1) is 0 Å². The van der Waals surface area contributed by atoms with Crippen LogP contribution in [0.15, 0.2) is 140 Å². The fraction of sp³-hybridized carbons (Fsp3) is 0. The second kappa shape index (κ2) is 8.84. The summed E-state index contributed by atoms with van der Waals surface area (Å²) in [5.41, 5.74) is 5.96. The van der Waals surface area contributed by atoms with Crippen molar-refractivity contribution in [3.8, 4) is 11.1 Å². The first kappa shape index (κ1) is 21.2. The second-order valence-corrected chi connectivity index (χ2v) is 11.2. The first-order valence-corrected chi connectivity index (χ1v) is 13.9. The van der Waals surface area contributed by atoms with E-state index in [1.165, 1.54) is 46.9 Å². The molecule has 1 heterocycles. The van der Waals surface area contributed by atoms with Crippen molar-refractivity contribution in [1.82, 2.24) is 0 Å². The van der Waals surface area contributed by atoms with E-state index in [4.69, 9.17) is 0 Å². The molecule has 1 nitrogen and oxygen atoms in total. The van der Waals surface area contributed by atoms with E-state index < -0.39 is 0 Å². The minimum absolute atomic E-state index is 0.318. The number of nitrogens with zero attached hydrogens (tertiary/aromatic N) is 1. The van der Waals surface area contributed by atoms with Crippen LogP contribution in [0.4, 0.5) is 17.1 Å². The summed E-state index contributed by atoms with van der Waals surface area (Å²) < 4.78 is 2.97. The molecule has 0 radical (unpaired) electrons. The average Bonchev–Trinajstić information content (AvgIpc) is 3.33. The van der Waals surface area contributed by atoms with Crippen LogP contribution in [0.3, 0.4) is 0 Å². The Morgan fingerprint density at radius 1 is 0.417 bits per heavy atom. The van der Waals surface area contributed by atoms with Crippen molar-refractivity contribution >= 4 is 61.6 Å². The van der Waals surface area contributed by atoms with E-state index in [1.807, 2.05) is 0 Å². The van der Waals surface area contributed by atoms with E-state index in [-0.39, 0.29) is 0 Å². The topological polar surface area (TPSA) is 3.24 Å². The number of rotatable bonds is 4. The summed E-state index contributed by atoms with van der Waals surface area (Å²) in [4.78, 5) is 2.36. The fourth-order valence-electron chi connectivity index (χ4n) is 5.09. The zero-order chi connectivity index (χ0) is 23.9. The Morgan fingerprint density at radius 2 is 1.06 bits per heavy atom. The molecule has 7 aromatic rings. The van der Waals surface area contributed by atoms with Gasteiger partial charge < -0.3 is 0 Å². The predicted octanol–water partition coefficient (Wildman–Crippen LogP) is 9.34. The molecule has 2 heteroatoms. The first-order valence-electron chi connectivity index (χ1n) is 12.2. The van der Waals surface area contributed by atoms with Crippen molar-refractivity contribution in [3.05, 3.63) is 140 Å². The monoisotopic (exact) mass is 525 g/mol. The Morgan fingerprint density at radius 3 is 1.86 bits per heavy atom. The molecule has 0 atom stereocenters. The Balaban J connectivity index is 1.39. The van der Waals surface area contributed by atoms with Crippen LogP contribution >= 0.6 is 0 Å². The Kier molecular flexibility index (Phi) is 5.21. The van der Waals surface area contributed by atoms with Crippen molar-refractivity contribution in [2.75, 3.05) is 4.90 Å². The minimum atomic E-state index is 0.318. The van der Waals surface area contributed by atoms with Gasteiger partial charge in [0.2, 0.25) is 0 Å². The molecular formula is C34H23NSe. The van der Waals surface area contributed by atoms with Crippen molar-refractivity contribution in [2.24, 2.45) is 0 Å². The van der Waals surface area contributed by atoms with Gasteiger partial charge in [0.25, 0.3) is 0 Å². The fourth-order valence-corrected chi connectivity index (χ4v) is 7.65. The van der Waals surface area contributed by atoms with Gasteiger partial charge in [-0.05, 0) is 0 Å². The average molecular weight is 525 g/mol. The van der Waals surface area contributed by atoms with Gasteiger partial charge >= 0.3 is 211 Å². The number of benzene rings is 6. The molecule has 170 valence electrons. The number of para-hydroxylation sites is 1. The zero-order valence-electron chi connectivity index (χ0n) is 19.6. The predicted molar refractivity (Wildman–Crippen MR) is 156 cm³/mol. The van der Waals surface area contributed by atoms with Crippen LogP contribution in [0.1, 0.15) is 0 Å². The molecule has 6 aromatic carbocycles. The molecule has 0 saturated carbocycles. The number of anilines is 3. The van der Waals surface area contributed by atoms with Crippen LogP contribution in [0.25, 0.3) is 41.2 Å². The summed E-state index contributed by atoms with van der Waals surface area (Å²) in [6.45, 7) is 0. The van der Waals surface area contributed by atoms with Crippen LogP contribution in [0.5, 0.6) is 0 Å². The van der Waals surface area contributed by atoms with Gasteiger partial charge in [0, 0.05) is 0 Å². The maximum absolute atomic E-state index is 2.38. The number of hydrogen-bond acceptors (Lipinski definition) is 1. The van der Waals surface area contributed by atoms with E-state index in [9.17, 15) is 0 Å². The third-order valence-corrected chi connectivity index (χ3v) is 9.41. The van der Waals surface area contributed by atoms with Crippen LogP contribution in [0.2, 0.25) is 0 Å². The third-order valence-electron chi connectivity index (χ3n) is 6.85. The van der Waals surface area contributed by atoms with Gasteiger partial charge in [-0.15, -0.1) is 0 Å². The standard InChI is InChI=1S/C34H23NSe/c1-3-9-24(10-4-1)25-15-18-28(19-16-25)35(27-12-5-2-6-13-27)29-20-22-33-32(23-29)31-21-17-26-11-7-8-14-30(26)34(31)36-33/h1-23H. The number of hydrogen-bond donors (Lipinski definition) is 0. The molecule has 0 bridgehead atoms. The Bertz CT molecular complexity index is 1820. The van der Waals surface area contributed by atoms with Gasteiger partial charge in [0.05, 0.1) is 0 Å². The molecule has 0 aliphatic carbocycles. The summed E-state index contributed by atoms with van der Waals surface area (Å²) in [6, 6.07) is 50.5. The van der Waals surface area contributed by atoms with Crippen LogP contribution in [-0.4, -0.2) is 14.5 Å². The van der Waals surface area contributed by atoms with Crippen LogP contribution in [-0.2, 0) is 0 Å². The summed E-state index contributed by atoms with van der Waals surface area (Å²) in [5, 5.41) is 5.48. The number of fused-ring (bicyclic) bond motifs is 5. The summed E-state index contributed by atoms with van der Waals surface area (Å²) in [6.07, 6.45) is 0. The Labute approximate surface area is 216 Å². The second-order valence-electron chi connectivity index (χ2n) is 9.03. The summed E-state index contributed by atoms with van der Waals surface area (Å²) >= 11 is 0.318. The summed E-state index contributed by atoms with van der Waals surface area (Å²) in [5.74, 6) is 0. The molecule has 0 aliphatic heterocycles. The van der Waals surface area contributed by atoms with Gasteiger partial charge in [-0.3, -0.25) is 0 Å². The van der Waals surface area contributed by atoms with Crippen molar-refractivity contribution in [3.63, 3.8) is 0 Å². The molecule has 0 aliphatic rings. The van der Waals surface area contributed by atoms with Gasteiger partial charge in [0.15, 0.2) is 0 Å². The quantitative estimate of drug-likeness (QED) is 0.207. The van der Waals surface area contributed by atoms with Crippen molar-refractivity contribution in [2.45, 2.75) is 0 Å². The zero-order valence-corrected chi connectivity index (χ0v) is 21.3. The molecule has 0 fully saturated rings. The first-order chi connectivity index (χ1) is 17.8. The normalized spacial score (nSPS) is 11.3. The van der Waals surface area contributed by atoms with Crippen LogP contribution < -0.4 is 4.90 Å². The maximum atomic E-state index is 2.38. The van der Waals surface area contributed by atoms with Gasteiger partial charge in [-0.2, -0.15) is 0 Å². The van der Waals surface area contributed by atoms with Gasteiger partial charge in [0.1, 0.15) is 0 Å². The van der Waals surface area contributed by atoms with Crippen molar-refractivity contribution in [1.29, 1.82) is 0 Å². The Hall–Kier alpha value is -4.10. The van der Waals surface area contributed by atoms with Crippen molar-refractivity contribution < 1.29 is 0 Å². The van der Waals surface area contributed by atoms with E-state index in [0.717, 1.165) is 11.4 Å². The molecule has 0 spiro atoms. The van der Waals surface area contributed by atoms with Gasteiger partial charge in [-0.25, -0.2) is 0 Å². The summed E-state index contributed by atoms with van der Waals surface area (Å²) in [7, 11) is 0. The molecule has 0 amide bonds. The molecule has 0 N–H and O–H groups in total. The molecule has 1 aromatic heterocycles. The molecule has 0 saturated heterocycles. The molecule has 0 unspecified atom stereocenters. The molecule has 36 heavy (non-hydrogen) atoms. The van der Waals surface area contributed by atoms with E-state index in [0.29, 0.717) is 14.5 Å². The SMILES string of the molecule is c1ccc(-c2ccc(N(c3ccccc3)c3ccc4[se]c5c6ccccc6ccc5c4c3)cc2)cc1. The molecular weight excluding hydrogens is 501 g/mol.